The van der Waals surface area contributed by atoms with E-state index in [9.17, 15) is 4.79 Å². The van der Waals surface area contributed by atoms with Crippen LogP contribution < -0.4 is 0 Å². The lowest BCUT2D eigenvalue weighted by Crippen LogP contribution is -1.93. The number of hydrogen-bond donors (Lipinski definition) is 0. The highest BCUT2D eigenvalue weighted by Crippen LogP contribution is 1.87. The predicted octanol–water partition coefficient (Wildman–Crippen LogP) is 1.08. The summed E-state index contributed by atoms with van der Waals surface area (Å²) in [6, 6.07) is 0. The summed E-state index contributed by atoms with van der Waals surface area (Å²) < 4.78 is 4.42. The highest BCUT2D eigenvalue weighted by molar-refractivity contribution is 5.67. The van der Waals surface area contributed by atoms with Crippen LogP contribution in [0.3, 0.4) is 0 Å². The predicted molar refractivity (Wildman–Crippen MR) is 26.6 cm³/mol. The molecule has 0 spiro atoms. The summed E-state index contributed by atoms with van der Waals surface area (Å²) in [7, 11) is 0. The van der Waals surface area contributed by atoms with E-state index in [2.05, 4.69) is 11.3 Å². The van der Waals surface area contributed by atoms with E-state index in [1.54, 1.807) is 6.92 Å². The minimum atomic E-state index is -0.312. The van der Waals surface area contributed by atoms with Crippen LogP contribution in [0.4, 0.5) is 0 Å². The lowest BCUT2D eigenvalue weighted by Gasteiger charge is -1.93. The van der Waals surface area contributed by atoms with E-state index < -0.39 is 0 Å². The molecule has 0 rings (SSSR count). The van der Waals surface area contributed by atoms with Crippen LogP contribution in [-0.4, -0.2) is 5.97 Å². The van der Waals surface area contributed by atoms with E-state index >= 15 is 0 Å². The van der Waals surface area contributed by atoms with Crippen molar-refractivity contribution in [1.29, 1.82) is 0 Å². The number of ether oxygens (including phenoxy) is 1. The SMILES string of the molecule is C=[13C](C)OC(C)=O. The highest BCUT2D eigenvalue weighted by atomic mass is 16.6. The number of allylic oxidation sites excluding steroid dienone is 1. The fraction of sp³-hybridized carbons (Fsp3) is 0.400. The average molecular weight is 101 g/mol. The van der Waals surface area contributed by atoms with Crippen molar-refractivity contribution in [2.75, 3.05) is 0 Å². The van der Waals surface area contributed by atoms with E-state index in [1.807, 2.05) is 0 Å². The normalized spacial score (nSPS) is 7.71. The van der Waals surface area contributed by atoms with Crippen LogP contribution in [0.15, 0.2) is 12.3 Å². The molecule has 2 heteroatoms. The molecule has 0 aliphatic heterocycles. The number of carbonyl (C=O) groups is 1. The Balaban J connectivity index is 3.32. The fourth-order valence-corrected chi connectivity index (χ4v) is 0.245. The highest BCUT2D eigenvalue weighted by Gasteiger charge is 1.87. The maximum Gasteiger partial charge on any atom is 0.307 e. The van der Waals surface area contributed by atoms with Gasteiger partial charge in [-0.3, -0.25) is 4.79 Å². The van der Waals surface area contributed by atoms with E-state index in [1.165, 1.54) is 6.92 Å². The monoisotopic (exact) mass is 101 g/mol. The van der Waals surface area contributed by atoms with Gasteiger partial charge in [-0.1, -0.05) is 6.58 Å². The quantitative estimate of drug-likeness (QED) is 0.280. The first-order valence-corrected chi connectivity index (χ1v) is 1.97. The molecule has 0 amide bonds. The molecule has 0 saturated carbocycles. The maximum atomic E-state index is 9.97. The third kappa shape index (κ3) is 5.21. The van der Waals surface area contributed by atoms with Crippen molar-refractivity contribution in [3.63, 3.8) is 0 Å². The Morgan fingerprint density at radius 1 is 1.57 bits per heavy atom. The van der Waals surface area contributed by atoms with Gasteiger partial charge in [-0.05, 0) is 6.92 Å². The molecular weight excluding hydrogens is 93.0 g/mol. The number of esters is 1. The molecule has 0 bridgehead atoms. The summed E-state index contributed by atoms with van der Waals surface area (Å²) in [4.78, 5) is 9.97. The van der Waals surface area contributed by atoms with Gasteiger partial charge in [-0.15, -0.1) is 0 Å². The standard InChI is InChI=1S/C5H8O2/c1-4(2)7-5(3)6/h1H2,2-3H3/i4+1. The van der Waals surface area contributed by atoms with Crippen molar-refractivity contribution in [2.24, 2.45) is 0 Å². The Bertz CT molecular complexity index is 82.3. The average Bonchev–Trinajstić information content (AvgIpc) is 1.27. The van der Waals surface area contributed by atoms with Crippen molar-refractivity contribution in [3.05, 3.63) is 12.3 Å². The first-order chi connectivity index (χ1) is 3.13. The van der Waals surface area contributed by atoms with Gasteiger partial charge < -0.3 is 4.74 Å². The number of rotatable bonds is 1. The zero-order chi connectivity index (χ0) is 5.86. The summed E-state index contributed by atoms with van der Waals surface area (Å²) in [6.07, 6.45) is 0. The molecule has 0 aromatic rings. The van der Waals surface area contributed by atoms with Crippen LogP contribution in [0.25, 0.3) is 0 Å². The maximum absolute atomic E-state index is 9.97. The van der Waals surface area contributed by atoms with Crippen molar-refractivity contribution in [3.8, 4) is 0 Å². The van der Waals surface area contributed by atoms with Gasteiger partial charge in [0.05, 0.1) is 5.76 Å². The second kappa shape index (κ2) is 2.39. The molecule has 0 atom stereocenters. The Labute approximate surface area is 42.8 Å². The molecule has 0 aliphatic carbocycles. The van der Waals surface area contributed by atoms with Crippen molar-refractivity contribution in [1.82, 2.24) is 0 Å². The van der Waals surface area contributed by atoms with Crippen molar-refractivity contribution < 1.29 is 9.53 Å². The summed E-state index contributed by atoms with van der Waals surface area (Å²) >= 11 is 0. The Morgan fingerprint density at radius 3 is 2.00 bits per heavy atom. The molecule has 0 N–H and O–H groups in total. The lowest BCUT2D eigenvalue weighted by molar-refractivity contribution is -0.136. The first kappa shape index (κ1) is 6.21. The molecule has 2 nitrogen and oxygen atoms in total. The van der Waals surface area contributed by atoms with E-state index in [0.717, 1.165) is 0 Å². The molecule has 0 aliphatic rings. The van der Waals surface area contributed by atoms with E-state index in [0.29, 0.717) is 5.76 Å². The third-order valence-electron chi connectivity index (χ3n) is 0.318. The largest absolute Gasteiger partial charge is 0.432 e. The Morgan fingerprint density at radius 2 is 2.00 bits per heavy atom. The van der Waals surface area contributed by atoms with Gasteiger partial charge in [-0.25, -0.2) is 0 Å². The second-order valence-corrected chi connectivity index (χ2v) is 1.30. The van der Waals surface area contributed by atoms with Gasteiger partial charge in [0.15, 0.2) is 0 Å². The van der Waals surface area contributed by atoms with Gasteiger partial charge >= 0.3 is 5.97 Å². The smallest absolute Gasteiger partial charge is 0.307 e. The molecule has 0 aromatic heterocycles. The Kier molecular flexibility index (Phi) is 2.12. The Hall–Kier alpha value is -0.790. The van der Waals surface area contributed by atoms with Crippen molar-refractivity contribution >= 4 is 5.97 Å². The molecular formula is C5H8O2. The summed E-state index contributed by atoms with van der Waals surface area (Å²) in [5.74, 6) is 0.125. The summed E-state index contributed by atoms with van der Waals surface area (Å²) in [5, 5.41) is 0. The fourth-order valence-electron chi connectivity index (χ4n) is 0.245. The minimum absolute atomic E-state index is 0.312. The second-order valence-electron chi connectivity index (χ2n) is 1.30. The van der Waals surface area contributed by atoms with Gasteiger partial charge in [0.1, 0.15) is 0 Å². The minimum Gasteiger partial charge on any atom is -0.432 e. The molecule has 0 radical (unpaired) electrons. The van der Waals surface area contributed by atoms with Crippen LogP contribution in [0, 0.1) is 0 Å². The van der Waals surface area contributed by atoms with Gasteiger partial charge in [0.2, 0.25) is 0 Å². The van der Waals surface area contributed by atoms with Crippen LogP contribution in [-0.2, 0) is 9.53 Å². The van der Waals surface area contributed by atoms with E-state index in [-0.39, 0.29) is 5.97 Å². The summed E-state index contributed by atoms with van der Waals surface area (Å²) in [5.41, 5.74) is 0. The lowest BCUT2D eigenvalue weighted by atomic mass is 10.8. The summed E-state index contributed by atoms with van der Waals surface area (Å²) in [6.45, 7) is 6.32. The van der Waals surface area contributed by atoms with Gasteiger partial charge in [0.25, 0.3) is 0 Å². The van der Waals surface area contributed by atoms with Gasteiger partial charge in [0, 0.05) is 6.92 Å². The van der Waals surface area contributed by atoms with Crippen LogP contribution in [0.5, 0.6) is 0 Å². The molecule has 7 heavy (non-hydrogen) atoms. The molecule has 40 valence electrons. The zero-order valence-corrected chi connectivity index (χ0v) is 4.52. The first-order valence-electron chi connectivity index (χ1n) is 1.97. The number of carbonyl (C=O) groups excluding carboxylic acids is 1. The third-order valence-corrected chi connectivity index (χ3v) is 0.318. The zero-order valence-electron chi connectivity index (χ0n) is 4.52. The number of hydrogen-bond acceptors (Lipinski definition) is 2. The van der Waals surface area contributed by atoms with Crippen molar-refractivity contribution in [2.45, 2.75) is 13.8 Å². The van der Waals surface area contributed by atoms with E-state index in [4.69, 9.17) is 0 Å². The molecule has 0 fully saturated rings. The van der Waals surface area contributed by atoms with Gasteiger partial charge in [-0.2, -0.15) is 0 Å². The topological polar surface area (TPSA) is 26.3 Å². The van der Waals surface area contributed by atoms with Crippen LogP contribution in [0.2, 0.25) is 0 Å². The van der Waals surface area contributed by atoms with Crippen LogP contribution in [0.1, 0.15) is 13.8 Å². The molecule has 0 aromatic carbocycles. The van der Waals surface area contributed by atoms with Crippen LogP contribution >= 0.6 is 0 Å². The molecule has 0 unspecified atom stereocenters. The molecule has 0 saturated heterocycles. The molecule has 0 heterocycles.